The molecule has 16 heavy (non-hydrogen) atoms. The molecule has 5 nitrogen and oxygen atoms in total. The number of hydrogen-bond acceptors (Lipinski definition) is 4. The number of nitrogens with one attached hydrogen (secondary N) is 1. The molecule has 0 aliphatic carbocycles. The molecule has 2 rings (SSSR count). The highest BCUT2D eigenvalue weighted by molar-refractivity contribution is 7.95. The predicted molar refractivity (Wildman–Crippen MR) is 57.1 cm³/mol. The van der Waals surface area contributed by atoms with Gasteiger partial charge in [-0.1, -0.05) is 18.2 Å². The van der Waals surface area contributed by atoms with Gasteiger partial charge in [0.15, 0.2) is 0 Å². The molecule has 0 aromatic heterocycles. The second-order valence-electron chi connectivity index (χ2n) is 3.17. The van der Waals surface area contributed by atoms with Crippen LogP contribution in [0, 0.1) is 0 Å². The van der Waals surface area contributed by atoms with E-state index in [9.17, 15) is 13.2 Å². The van der Waals surface area contributed by atoms with E-state index >= 15 is 0 Å². The lowest BCUT2D eigenvalue weighted by Gasteiger charge is -2.04. The van der Waals surface area contributed by atoms with Gasteiger partial charge in [-0.2, -0.15) is 0 Å². The second kappa shape index (κ2) is 3.64. The normalized spacial score (nSPS) is 16.2. The first kappa shape index (κ1) is 10.7. The maximum absolute atomic E-state index is 11.9. The Morgan fingerprint density at radius 1 is 1.31 bits per heavy atom. The van der Waals surface area contributed by atoms with E-state index in [-0.39, 0.29) is 9.92 Å². The topological polar surface area (TPSA) is 72.5 Å². The average molecular weight is 239 g/mol. The van der Waals surface area contributed by atoms with Gasteiger partial charge in [-0.05, 0) is 17.7 Å². The van der Waals surface area contributed by atoms with E-state index in [1.807, 2.05) is 0 Å². The first-order valence-corrected chi connectivity index (χ1v) is 5.95. The van der Waals surface area contributed by atoms with Crippen molar-refractivity contribution in [3.05, 3.63) is 34.9 Å². The van der Waals surface area contributed by atoms with Crippen LogP contribution in [0.4, 0.5) is 4.79 Å². The van der Waals surface area contributed by atoms with Gasteiger partial charge in [-0.3, -0.25) is 5.32 Å². The molecule has 0 bridgehead atoms. The highest BCUT2D eigenvalue weighted by Crippen LogP contribution is 2.30. The molecule has 0 saturated carbocycles. The van der Waals surface area contributed by atoms with E-state index in [0.717, 1.165) is 0 Å². The number of alkyl carbamates (subject to hydrolysis) is 1. The van der Waals surface area contributed by atoms with Gasteiger partial charge in [0.05, 0.1) is 12.0 Å². The minimum absolute atomic E-state index is 0.152. The third kappa shape index (κ3) is 1.57. The van der Waals surface area contributed by atoms with Gasteiger partial charge in [0.2, 0.25) is 9.84 Å². The van der Waals surface area contributed by atoms with Crippen molar-refractivity contribution in [1.82, 2.24) is 5.32 Å². The van der Waals surface area contributed by atoms with Gasteiger partial charge in [0.1, 0.15) is 5.03 Å². The van der Waals surface area contributed by atoms with Gasteiger partial charge in [-0.15, -0.1) is 0 Å². The molecule has 1 aromatic carbocycles. The number of carbonyl (C=O) groups is 1. The fraction of sp³-hybridized carbons (Fsp3) is 0.100. The van der Waals surface area contributed by atoms with Crippen molar-refractivity contribution in [2.45, 2.75) is 4.90 Å². The Hall–Kier alpha value is -1.82. The smallest absolute Gasteiger partial charge is 0.411 e. The third-order valence-electron chi connectivity index (χ3n) is 2.20. The zero-order valence-electron chi connectivity index (χ0n) is 8.43. The van der Waals surface area contributed by atoms with Crippen LogP contribution in [0.3, 0.4) is 0 Å². The molecule has 84 valence electrons. The van der Waals surface area contributed by atoms with E-state index in [4.69, 9.17) is 0 Å². The summed E-state index contributed by atoms with van der Waals surface area (Å²) >= 11 is 0. The predicted octanol–water partition coefficient (Wildman–Crippen LogP) is 1.13. The Morgan fingerprint density at radius 2 is 2.00 bits per heavy atom. The molecule has 0 radical (unpaired) electrons. The van der Waals surface area contributed by atoms with Crippen molar-refractivity contribution in [3.8, 4) is 0 Å². The fourth-order valence-electron chi connectivity index (χ4n) is 1.44. The summed E-state index contributed by atoms with van der Waals surface area (Å²) in [5, 5.41) is 2.03. The number of fused-ring (bicyclic) bond motifs is 1. The van der Waals surface area contributed by atoms with Crippen LogP contribution in [-0.2, 0) is 14.6 Å². The van der Waals surface area contributed by atoms with Crippen LogP contribution in [0.5, 0.6) is 0 Å². The van der Waals surface area contributed by atoms with Crippen LogP contribution in [-0.4, -0.2) is 21.6 Å². The molecule has 0 spiro atoms. The molecule has 1 amide bonds. The van der Waals surface area contributed by atoms with Gasteiger partial charge < -0.3 is 4.74 Å². The molecule has 0 atom stereocenters. The summed E-state index contributed by atoms with van der Waals surface area (Å²) in [6.07, 6.45) is 0.601. The summed E-state index contributed by atoms with van der Waals surface area (Å²) < 4.78 is 28.1. The van der Waals surface area contributed by atoms with Crippen LogP contribution < -0.4 is 5.32 Å². The standard InChI is InChI=1S/C10H9NO4S/c1-15-10(12)11-9-6-7-4-2-3-5-8(7)16(9,13)14/h2-6H,1H3,(H,11,12). The van der Waals surface area contributed by atoms with Crippen molar-refractivity contribution in [3.63, 3.8) is 0 Å². The molecular weight excluding hydrogens is 230 g/mol. The largest absolute Gasteiger partial charge is 0.453 e. The van der Waals surface area contributed by atoms with Gasteiger partial charge >= 0.3 is 6.09 Å². The molecule has 1 aliphatic heterocycles. The Kier molecular flexibility index (Phi) is 2.43. The SMILES string of the molecule is COC(=O)NC1=Cc2ccccc2S1(=O)=O. The molecule has 0 unspecified atom stereocenters. The minimum Gasteiger partial charge on any atom is -0.453 e. The van der Waals surface area contributed by atoms with E-state index in [2.05, 4.69) is 10.1 Å². The molecule has 1 aliphatic rings. The highest BCUT2D eigenvalue weighted by Gasteiger charge is 2.30. The minimum atomic E-state index is -3.60. The Morgan fingerprint density at radius 3 is 2.62 bits per heavy atom. The van der Waals surface area contributed by atoms with E-state index < -0.39 is 15.9 Å². The Bertz CT molecular complexity index is 574. The monoisotopic (exact) mass is 239 g/mol. The molecule has 1 heterocycles. The zero-order valence-corrected chi connectivity index (χ0v) is 9.24. The quantitative estimate of drug-likeness (QED) is 0.797. The van der Waals surface area contributed by atoms with Crippen molar-refractivity contribution in [2.75, 3.05) is 7.11 Å². The number of carbonyl (C=O) groups excluding carboxylic acids is 1. The van der Waals surface area contributed by atoms with Crippen LogP contribution in [0.15, 0.2) is 34.2 Å². The van der Waals surface area contributed by atoms with Crippen molar-refractivity contribution >= 4 is 22.0 Å². The lowest BCUT2D eigenvalue weighted by molar-refractivity contribution is 0.175. The summed E-state index contributed by atoms with van der Waals surface area (Å²) in [7, 11) is -2.43. The van der Waals surface area contributed by atoms with Crippen molar-refractivity contribution < 1.29 is 17.9 Å². The molecule has 1 aromatic rings. The average Bonchev–Trinajstić information content (AvgIpc) is 2.52. The molecule has 0 fully saturated rings. The number of hydrogen-bond donors (Lipinski definition) is 1. The van der Waals surface area contributed by atoms with Crippen LogP contribution in [0.1, 0.15) is 5.56 Å². The van der Waals surface area contributed by atoms with Crippen LogP contribution in [0.2, 0.25) is 0 Å². The summed E-state index contributed by atoms with van der Waals surface area (Å²) in [4.78, 5) is 11.2. The number of rotatable bonds is 1. The molecule has 0 saturated heterocycles. The molecule has 1 N–H and O–H groups in total. The first-order chi connectivity index (χ1) is 7.55. The van der Waals surface area contributed by atoms with Crippen molar-refractivity contribution in [1.29, 1.82) is 0 Å². The lowest BCUT2D eigenvalue weighted by atomic mass is 10.2. The number of sulfone groups is 1. The molecular formula is C10H9NO4S. The Balaban J connectivity index is 2.43. The van der Waals surface area contributed by atoms with E-state index in [1.54, 1.807) is 18.2 Å². The second-order valence-corrected chi connectivity index (χ2v) is 5.05. The first-order valence-electron chi connectivity index (χ1n) is 4.46. The number of benzene rings is 1. The summed E-state index contributed by atoms with van der Waals surface area (Å²) in [5.41, 5.74) is 0.564. The lowest BCUT2D eigenvalue weighted by Crippen LogP contribution is -2.25. The third-order valence-corrected chi connectivity index (χ3v) is 3.95. The zero-order chi connectivity index (χ0) is 11.8. The molecule has 6 heteroatoms. The van der Waals surface area contributed by atoms with Gasteiger partial charge in [0, 0.05) is 0 Å². The summed E-state index contributed by atoms with van der Waals surface area (Å²) in [6, 6.07) is 6.52. The van der Waals surface area contributed by atoms with Crippen LogP contribution >= 0.6 is 0 Å². The van der Waals surface area contributed by atoms with E-state index in [0.29, 0.717) is 5.56 Å². The summed E-state index contributed by atoms with van der Waals surface area (Å²) in [6.45, 7) is 0. The number of amides is 1. The van der Waals surface area contributed by atoms with Crippen LogP contribution in [0.25, 0.3) is 6.08 Å². The summed E-state index contributed by atoms with van der Waals surface area (Å²) in [5.74, 6) is 0. The van der Waals surface area contributed by atoms with Gasteiger partial charge in [0.25, 0.3) is 0 Å². The number of methoxy groups -OCH3 is 1. The highest BCUT2D eigenvalue weighted by atomic mass is 32.2. The Labute approximate surface area is 92.6 Å². The maximum atomic E-state index is 11.9. The fourth-order valence-corrected chi connectivity index (χ4v) is 2.87. The van der Waals surface area contributed by atoms with Crippen molar-refractivity contribution in [2.24, 2.45) is 0 Å². The maximum Gasteiger partial charge on any atom is 0.411 e. The van der Waals surface area contributed by atoms with E-state index in [1.165, 1.54) is 19.3 Å². The number of ether oxygens (including phenoxy) is 1. The van der Waals surface area contributed by atoms with Gasteiger partial charge in [-0.25, -0.2) is 13.2 Å².